The second kappa shape index (κ2) is 29.0. The summed E-state index contributed by atoms with van der Waals surface area (Å²) in [5.74, 6) is -2.54. The van der Waals surface area contributed by atoms with Crippen molar-refractivity contribution in [3.63, 3.8) is 0 Å². The first-order chi connectivity index (χ1) is 46.0. The maximum atomic E-state index is 15.5. The van der Waals surface area contributed by atoms with Gasteiger partial charge in [-0.3, -0.25) is 4.79 Å². The average molecular weight is 1420 g/mol. The van der Waals surface area contributed by atoms with Crippen LogP contribution in [0.3, 0.4) is 0 Å². The van der Waals surface area contributed by atoms with Gasteiger partial charge in [0.2, 0.25) is 6.29 Å². The number of esters is 1. The van der Waals surface area contributed by atoms with E-state index in [4.69, 9.17) is 56.8 Å². The van der Waals surface area contributed by atoms with Crippen molar-refractivity contribution in [2.75, 3.05) is 46.2 Å². The van der Waals surface area contributed by atoms with Crippen LogP contribution in [0, 0.1) is 50.2 Å². The van der Waals surface area contributed by atoms with E-state index in [0.29, 0.717) is 32.1 Å². The number of aliphatic hydroxyl groups excluding tert-OH is 21. The molecule has 6 aliphatic heterocycles. The summed E-state index contributed by atoms with van der Waals surface area (Å²) >= 11 is 0. The number of allylic oxidation sites excluding steroid dienone is 2. The minimum atomic E-state index is -2.02. The Kier molecular flexibility index (Phi) is 22.8. The van der Waals surface area contributed by atoms with E-state index in [1.54, 1.807) is 0 Å². The Morgan fingerprint density at radius 1 is 0.500 bits per heavy atom. The van der Waals surface area contributed by atoms with Crippen molar-refractivity contribution < 1.29 is 169 Å². The Morgan fingerprint density at radius 2 is 1.01 bits per heavy atom. The minimum Gasteiger partial charge on any atom is -0.432 e. The molecule has 6 heterocycles. The lowest BCUT2D eigenvalue weighted by Crippen LogP contribution is -2.71. The van der Waals surface area contributed by atoms with Crippen LogP contribution in [-0.2, 0) is 61.6 Å². The van der Waals surface area contributed by atoms with E-state index in [1.807, 2.05) is 6.92 Å². The molecule has 0 radical (unpaired) electrons. The van der Waals surface area contributed by atoms with Gasteiger partial charge in [-0.25, -0.2) is 0 Å². The van der Waals surface area contributed by atoms with Gasteiger partial charge in [0, 0.05) is 5.41 Å². The van der Waals surface area contributed by atoms with Crippen LogP contribution >= 0.6 is 0 Å². The molecule has 0 aromatic carbocycles. The Bertz CT molecular complexity index is 2750. The fraction of sp³-hybridized carbons (Fsp3) is 0.953. The smallest absolute Gasteiger partial charge is 0.317 e. The fourth-order valence-electron chi connectivity index (χ4n) is 19.0. The molecule has 6 saturated heterocycles. The van der Waals surface area contributed by atoms with Crippen molar-refractivity contribution in [3.8, 4) is 0 Å². The fourth-order valence-corrected chi connectivity index (χ4v) is 19.0. The summed E-state index contributed by atoms with van der Waals surface area (Å²) in [5, 5.41) is 232. The second-order valence-electron chi connectivity index (χ2n) is 31.1. The molecule has 0 aromatic heterocycles. The Labute approximate surface area is 564 Å². The zero-order valence-corrected chi connectivity index (χ0v) is 55.5. The molecule has 98 heavy (non-hydrogen) atoms. The van der Waals surface area contributed by atoms with Crippen LogP contribution in [0.15, 0.2) is 11.6 Å². The summed E-state index contributed by atoms with van der Waals surface area (Å²) in [6.07, 6.45) is -48.7. The number of carbonyl (C=O) groups excluding carboxylic acids is 1. The summed E-state index contributed by atoms with van der Waals surface area (Å²) in [5.41, 5.74) is -5.34. The number of hydrogen-bond donors (Lipinski definition) is 21. The van der Waals surface area contributed by atoms with Gasteiger partial charge in [-0.2, -0.15) is 0 Å². The quantitative estimate of drug-likeness (QED) is 0.0365. The molecule has 34 nitrogen and oxygen atoms in total. The average Bonchev–Trinajstić information content (AvgIpc) is 0.669. The van der Waals surface area contributed by atoms with Crippen molar-refractivity contribution in [1.29, 1.82) is 0 Å². The van der Waals surface area contributed by atoms with Crippen molar-refractivity contribution in [1.82, 2.24) is 0 Å². The molecule has 11 rings (SSSR count). The molecule has 34 heteroatoms. The number of hydrogen-bond acceptors (Lipinski definition) is 34. The topological polar surface area (TPSA) is 553 Å². The minimum absolute atomic E-state index is 0.0115. The van der Waals surface area contributed by atoms with Crippen molar-refractivity contribution in [2.24, 2.45) is 50.2 Å². The molecule has 38 unspecified atom stereocenters. The zero-order valence-electron chi connectivity index (χ0n) is 55.5. The highest BCUT2D eigenvalue weighted by Crippen LogP contribution is 2.76. The molecule has 564 valence electrons. The van der Waals surface area contributed by atoms with E-state index < -0.39 is 281 Å². The second-order valence-corrected chi connectivity index (χ2v) is 31.1. The standard InChI is InChI=1S/C64H104O34/c1-23-49(95-54-44(81)35(72)27(69)17-87-54)43(80)48(85)55(91-23)96-50-36(73)28(70)18-88-57(50)98-58(86)64-12-11-59(2,3)13-25(64)24-7-8-32-60(4)14-26(68)51(63(21-66,22-67)33(60)9-10-61(32,5)62(24,6)15-34(64)71)97-56-47(84)42(79)39(76)31(94-56)20-90-53-46(83)41(78)38(75)30(93-53)19-89-52-45(82)40(77)37(74)29(16-65)92-52/h7,23,25-57,65-85H,8-22H2,1-6H3. The van der Waals surface area contributed by atoms with Gasteiger partial charge in [-0.15, -0.1) is 0 Å². The van der Waals surface area contributed by atoms with Gasteiger partial charge in [0.25, 0.3) is 0 Å². The first kappa shape index (κ1) is 77.0. The number of fused-ring (bicyclic) bond motifs is 7. The van der Waals surface area contributed by atoms with Crippen LogP contribution in [0.5, 0.6) is 0 Å². The summed E-state index contributed by atoms with van der Waals surface area (Å²) in [4.78, 5) is 15.5. The highest BCUT2D eigenvalue weighted by molar-refractivity contribution is 5.80. The van der Waals surface area contributed by atoms with Gasteiger partial charge in [-0.1, -0.05) is 46.3 Å². The highest BCUT2D eigenvalue weighted by Gasteiger charge is 2.74. The van der Waals surface area contributed by atoms with Crippen LogP contribution in [-0.4, -0.2) is 350 Å². The third-order valence-corrected chi connectivity index (χ3v) is 25.0. The van der Waals surface area contributed by atoms with Crippen LogP contribution in [0.4, 0.5) is 0 Å². The molecular weight excluding hydrogens is 1310 g/mol. The van der Waals surface area contributed by atoms with Gasteiger partial charge >= 0.3 is 5.97 Å². The van der Waals surface area contributed by atoms with Crippen LogP contribution in [0.1, 0.15) is 92.9 Å². The molecule has 0 spiro atoms. The van der Waals surface area contributed by atoms with Crippen molar-refractivity contribution in [2.45, 2.75) is 283 Å². The summed E-state index contributed by atoms with van der Waals surface area (Å²) in [6, 6.07) is 0. The summed E-state index contributed by atoms with van der Waals surface area (Å²) in [7, 11) is 0. The lowest BCUT2D eigenvalue weighted by molar-refractivity contribution is -0.369. The largest absolute Gasteiger partial charge is 0.432 e. The van der Waals surface area contributed by atoms with E-state index in [0.717, 1.165) is 5.57 Å². The Balaban J connectivity index is 0.788. The monoisotopic (exact) mass is 1420 g/mol. The van der Waals surface area contributed by atoms with Gasteiger partial charge < -0.3 is 164 Å². The molecule has 10 fully saturated rings. The number of rotatable bonds is 17. The van der Waals surface area contributed by atoms with E-state index in [2.05, 4.69) is 33.8 Å². The number of carbonyl (C=O) groups is 1. The van der Waals surface area contributed by atoms with Crippen molar-refractivity contribution >= 4 is 5.97 Å². The zero-order chi connectivity index (χ0) is 71.6. The lowest BCUT2D eigenvalue weighted by Gasteiger charge is -2.72. The molecular formula is C64H104O34. The molecule has 38 atom stereocenters. The van der Waals surface area contributed by atoms with E-state index in [1.165, 1.54) is 6.92 Å². The number of aliphatic hydroxyl groups is 21. The summed E-state index contributed by atoms with van der Waals surface area (Å²) < 4.78 is 70.0. The van der Waals surface area contributed by atoms with Crippen LogP contribution in [0.2, 0.25) is 0 Å². The normalized spacial score (nSPS) is 54.1. The molecule has 4 saturated carbocycles. The molecule has 0 bridgehead atoms. The Hall–Kier alpha value is -2.07. The molecule has 0 aromatic rings. The molecule has 5 aliphatic carbocycles. The highest BCUT2D eigenvalue weighted by atomic mass is 16.8. The maximum absolute atomic E-state index is 15.5. The number of ether oxygens (including phenoxy) is 12. The van der Waals surface area contributed by atoms with E-state index >= 15 is 4.79 Å². The first-order valence-electron chi connectivity index (χ1n) is 34.0. The van der Waals surface area contributed by atoms with Gasteiger partial charge in [0.05, 0.1) is 70.7 Å². The Morgan fingerprint density at radius 3 is 1.60 bits per heavy atom. The predicted octanol–water partition coefficient (Wildman–Crippen LogP) is -8.19. The van der Waals surface area contributed by atoms with Gasteiger partial charge in [0.15, 0.2) is 37.6 Å². The maximum Gasteiger partial charge on any atom is 0.317 e. The molecule has 21 N–H and O–H groups in total. The molecule has 11 aliphatic rings. The van der Waals surface area contributed by atoms with E-state index in [-0.39, 0.29) is 30.6 Å². The predicted molar refractivity (Wildman–Crippen MR) is 320 cm³/mol. The van der Waals surface area contributed by atoms with Gasteiger partial charge in [0.1, 0.15) is 127 Å². The van der Waals surface area contributed by atoms with Crippen LogP contribution < -0.4 is 0 Å². The van der Waals surface area contributed by atoms with Gasteiger partial charge in [-0.05, 0) is 97.7 Å². The van der Waals surface area contributed by atoms with E-state index in [9.17, 15) is 107 Å². The SMILES string of the molecule is CC1OC(OC2C(OC(=O)C34CCC(C)(C)CC3C3=CCC5C6(C)CC(O)C(OC7OC(COC8OC(COC9OC(CO)C(O)C(O)C9O)C(O)C(O)C8O)C(O)C(O)C7O)C(CO)(CO)C6CCC5(C)C3(C)CC4O)OCC(O)C2O)C(O)C(O)C1OC1OCC(O)C(O)C1O. The third kappa shape index (κ3) is 13.0. The first-order valence-corrected chi connectivity index (χ1v) is 34.0. The third-order valence-electron chi connectivity index (χ3n) is 25.0. The lowest BCUT2D eigenvalue weighted by atomic mass is 9.33. The van der Waals surface area contributed by atoms with Crippen LogP contribution in [0.25, 0.3) is 0 Å². The summed E-state index contributed by atoms with van der Waals surface area (Å²) in [6.45, 7) is 7.00. The molecule has 0 amide bonds. The van der Waals surface area contributed by atoms with Crippen molar-refractivity contribution in [3.05, 3.63) is 11.6 Å².